The van der Waals surface area contributed by atoms with Crippen molar-refractivity contribution in [2.45, 2.75) is 6.92 Å². The van der Waals surface area contributed by atoms with Crippen LogP contribution in [-0.2, 0) is 0 Å². The fraction of sp³-hybridized carbons (Fsp3) is 0.0769. The minimum Gasteiger partial charge on any atom is -0.478 e. The zero-order valence-electron chi connectivity index (χ0n) is 9.51. The van der Waals surface area contributed by atoms with Crippen molar-refractivity contribution in [1.29, 1.82) is 0 Å². The Hall–Kier alpha value is -2.56. The Labute approximate surface area is 102 Å². The second kappa shape index (κ2) is 3.73. The summed E-state index contributed by atoms with van der Waals surface area (Å²) in [7, 11) is 0. The van der Waals surface area contributed by atoms with E-state index < -0.39 is 5.97 Å². The first-order chi connectivity index (χ1) is 8.63. The van der Waals surface area contributed by atoms with Crippen molar-refractivity contribution in [2.24, 2.45) is 0 Å². The van der Waals surface area contributed by atoms with Crippen molar-refractivity contribution in [3.8, 4) is 11.7 Å². The number of benzene rings is 1. The van der Waals surface area contributed by atoms with Crippen LogP contribution in [0.25, 0.3) is 22.8 Å². The molecular weight excluding hydrogens is 234 g/mol. The Morgan fingerprint density at radius 2 is 2.06 bits per heavy atom. The average molecular weight is 243 g/mol. The van der Waals surface area contributed by atoms with E-state index in [1.165, 1.54) is 12.1 Å². The van der Waals surface area contributed by atoms with Crippen molar-refractivity contribution >= 4 is 17.1 Å². The van der Waals surface area contributed by atoms with Gasteiger partial charge in [-0.15, -0.1) is 0 Å². The van der Waals surface area contributed by atoms with Gasteiger partial charge < -0.3 is 13.9 Å². The Balaban J connectivity index is 2.13. The third-order valence-corrected chi connectivity index (χ3v) is 2.59. The zero-order valence-corrected chi connectivity index (χ0v) is 9.51. The van der Waals surface area contributed by atoms with E-state index in [1.807, 2.05) is 13.0 Å². The van der Waals surface area contributed by atoms with E-state index in [2.05, 4.69) is 4.98 Å². The normalized spacial score (nSPS) is 10.9. The lowest BCUT2D eigenvalue weighted by Crippen LogP contribution is -1.94. The molecule has 1 aromatic carbocycles. The van der Waals surface area contributed by atoms with E-state index >= 15 is 0 Å². The molecule has 2 heterocycles. The van der Waals surface area contributed by atoms with Crippen molar-refractivity contribution in [3.05, 3.63) is 41.7 Å². The number of furan rings is 1. The van der Waals surface area contributed by atoms with Gasteiger partial charge in [0.2, 0.25) is 0 Å². The Morgan fingerprint density at radius 1 is 1.22 bits per heavy atom. The standard InChI is InChI=1S/C13H9NO4/c1-7-2-5-10(17-7)12-14-9-4-3-8(13(15)16)6-11(9)18-12/h2-6H,1H3,(H,15,16). The molecule has 0 aliphatic carbocycles. The van der Waals surface area contributed by atoms with E-state index in [4.69, 9.17) is 13.9 Å². The lowest BCUT2D eigenvalue weighted by atomic mass is 10.2. The number of fused-ring (bicyclic) bond motifs is 1. The molecule has 0 radical (unpaired) electrons. The van der Waals surface area contributed by atoms with Crippen LogP contribution in [0.2, 0.25) is 0 Å². The summed E-state index contributed by atoms with van der Waals surface area (Å²) in [5.41, 5.74) is 1.20. The van der Waals surface area contributed by atoms with Crippen LogP contribution in [0.4, 0.5) is 0 Å². The first kappa shape index (κ1) is 10.6. The highest BCUT2D eigenvalue weighted by Gasteiger charge is 2.13. The maximum atomic E-state index is 10.8. The maximum Gasteiger partial charge on any atom is 0.335 e. The summed E-state index contributed by atoms with van der Waals surface area (Å²) in [6, 6.07) is 8.13. The summed E-state index contributed by atoms with van der Waals surface area (Å²) in [5, 5.41) is 8.89. The third-order valence-electron chi connectivity index (χ3n) is 2.59. The average Bonchev–Trinajstić information content (AvgIpc) is 2.93. The number of oxazole rings is 1. The summed E-state index contributed by atoms with van der Waals surface area (Å²) < 4.78 is 10.9. The molecule has 0 spiro atoms. The lowest BCUT2D eigenvalue weighted by molar-refractivity contribution is 0.0697. The summed E-state index contributed by atoms with van der Waals surface area (Å²) in [6.07, 6.45) is 0. The first-order valence-corrected chi connectivity index (χ1v) is 5.34. The number of nitrogens with zero attached hydrogens (tertiary/aromatic N) is 1. The Kier molecular flexibility index (Phi) is 2.19. The van der Waals surface area contributed by atoms with Crippen molar-refractivity contribution in [3.63, 3.8) is 0 Å². The highest BCUT2D eigenvalue weighted by molar-refractivity contribution is 5.92. The second-order valence-corrected chi connectivity index (χ2v) is 3.92. The van der Waals surface area contributed by atoms with Crippen LogP contribution in [0.15, 0.2) is 39.2 Å². The fourth-order valence-corrected chi connectivity index (χ4v) is 1.71. The third kappa shape index (κ3) is 1.66. The van der Waals surface area contributed by atoms with Crippen LogP contribution in [-0.4, -0.2) is 16.1 Å². The van der Waals surface area contributed by atoms with Crippen LogP contribution in [0.1, 0.15) is 16.1 Å². The molecule has 3 aromatic rings. The quantitative estimate of drug-likeness (QED) is 0.748. The number of rotatable bonds is 2. The van der Waals surface area contributed by atoms with Gasteiger partial charge in [-0.2, -0.15) is 0 Å². The lowest BCUT2D eigenvalue weighted by Gasteiger charge is -1.91. The van der Waals surface area contributed by atoms with Crippen molar-refractivity contribution in [1.82, 2.24) is 4.98 Å². The van der Waals surface area contributed by atoms with E-state index in [1.54, 1.807) is 12.1 Å². The minimum absolute atomic E-state index is 0.167. The molecule has 0 atom stereocenters. The smallest absolute Gasteiger partial charge is 0.335 e. The highest BCUT2D eigenvalue weighted by atomic mass is 16.4. The van der Waals surface area contributed by atoms with Gasteiger partial charge in [0.15, 0.2) is 11.3 Å². The first-order valence-electron chi connectivity index (χ1n) is 5.34. The molecule has 5 nitrogen and oxygen atoms in total. The van der Waals surface area contributed by atoms with E-state index in [-0.39, 0.29) is 5.56 Å². The van der Waals surface area contributed by atoms with Crippen LogP contribution in [0.3, 0.4) is 0 Å². The number of aryl methyl sites for hydroxylation is 1. The van der Waals surface area contributed by atoms with Gasteiger partial charge >= 0.3 is 5.97 Å². The molecule has 0 bridgehead atoms. The predicted octanol–water partition coefficient (Wildman–Crippen LogP) is 3.09. The molecular formula is C13H9NO4. The fourth-order valence-electron chi connectivity index (χ4n) is 1.71. The summed E-state index contributed by atoms with van der Waals surface area (Å²) in [4.78, 5) is 15.1. The molecule has 0 saturated heterocycles. The largest absolute Gasteiger partial charge is 0.478 e. The summed E-state index contributed by atoms with van der Waals surface area (Å²) in [6.45, 7) is 1.83. The van der Waals surface area contributed by atoms with Crippen LogP contribution >= 0.6 is 0 Å². The number of carboxylic acid groups (broad SMARTS) is 1. The van der Waals surface area contributed by atoms with Gasteiger partial charge in [0.25, 0.3) is 5.89 Å². The van der Waals surface area contributed by atoms with Gasteiger partial charge in [-0.3, -0.25) is 0 Å². The number of aromatic carboxylic acids is 1. The van der Waals surface area contributed by atoms with Gasteiger partial charge in [0.1, 0.15) is 11.3 Å². The van der Waals surface area contributed by atoms with Gasteiger partial charge in [0.05, 0.1) is 5.56 Å². The SMILES string of the molecule is Cc1ccc(-c2nc3ccc(C(=O)O)cc3o2)o1. The molecule has 0 aliphatic heterocycles. The maximum absolute atomic E-state index is 10.8. The number of hydrogen-bond donors (Lipinski definition) is 1. The molecule has 0 unspecified atom stereocenters. The summed E-state index contributed by atoms with van der Waals surface area (Å²) >= 11 is 0. The van der Waals surface area contributed by atoms with E-state index in [0.717, 1.165) is 5.76 Å². The molecule has 3 rings (SSSR count). The molecule has 0 fully saturated rings. The molecule has 18 heavy (non-hydrogen) atoms. The Bertz CT molecular complexity index is 738. The second-order valence-electron chi connectivity index (χ2n) is 3.92. The molecule has 0 saturated carbocycles. The van der Waals surface area contributed by atoms with E-state index in [9.17, 15) is 4.79 Å². The molecule has 1 N–H and O–H groups in total. The monoisotopic (exact) mass is 243 g/mol. The highest BCUT2D eigenvalue weighted by Crippen LogP contribution is 2.26. The number of carboxylic acids is 1. The number of hydrogen-bond acceptors (Lipinski definition) is 4. The summed E-state index contributed by atoms with van der Waals surface area (Å²) in [5.74, 6) is 0.642. The van der Waals surface area contributed by atoms with Gasteiger partial charge in [0, 0.05) is 0 Å². The van der Waals surface area contributed by atoms with E-state index in [0.29, 0.717) is 22.8 Å². The topological polar surface area (TPSA) is 76.5 Å². The molecule has 2 aromatic heterocycles. The van der Waals surface area contributed by atoms with Crippen LogP contribution in [0.5, 0.6) is 0 Å². The van der Waals surface area contributed by atoms with Crippen molar-refractivity contribution < 1.29 is 18.7 Å². The zero-order chi connectivity index (χ0) is 12.7. The number of aromatic nitrogens is 1. The molecule has 5 heteroatoms. The van der Waals surface area contributed by atoms with Crippen molar-refractivity contribution in [2.75, 3.05) is 0 Å². The Morgan fingerprint density at radius 3 is 2.72 bits per heavy atom. The molecule has 90 valence electrons. The van der Waals surface area contributed by atoms with Gasteiger partial charge in [-0.05, 0) is 37.3 Å². The van der Waals surface area contributed by atoms with Gasteiger partial charge in [-0.1, -0.05) is 0 Å². The molecule has 0 amide bonds. The molecule has 0 aliphatic rings. The number of carbonyl (C=O) groups is 1. The van der Waals surface area contributed by atoms with Gasteiger partial charge in [-0.25, -0.2) is 9.78 Å². The van der Waals surface area contributed by atoms with Crippen LogP contribution in [0, 0.1) is 6.92 Å². The minimum atomic E-state index is -0.997. The van der Waals surface area contributed by atoms with Crippen LogP contribution < -0.4 is 0 Å². The predicted molar refractivity (Wildman–Crippen MR) is 63.4 cm³/mol.